The van der Waals surface area contributed by atoms with Gasteiger partial charge in [0.05, 0.1) is 11.0 Å². The number of para-hydroxylation sites is 2. The Kier molecular flexibility index (Phi) is 3.74. The Morgan fingerprint density at radius 1 is 1.29 bits per heavy atom. The molecule has 0 radical (unpaired) electrons. The van der Waals surface area contributed by atoms with E-state index >= 15 is 0 Å². The number of aryl methyl sites for hydroxylation is 1. The van der Waals surface area contributed by atoms with Crippen LogP contribution in [0.1, 0.15) is 18.5 Å². The van der Waals surface area contributed by atoms with Crippen LogP contribution in [-0.4, -0.2) is 25.5 Å². The number of nitrogens with zero attached hydrogens (tertiary/aromatic N) is 4. The zero-order chi connectivity index (χ0) is 14.8. The van der Waals surface area contributed by atoms with Gasteiger partial charge in [-0.3, -0.25) is 9.36 Å². The van der Waals surface area contributed by atoms with Crippen LogP contribution >= 0.6 is 11.8 Å². The zero-order valence-electron chi connectivity index (χ0n) is 11.7. The number of aromatic nitrogens is 4. The van der Waals surface area contributed by atoms with Crippen molar-refractivity contribution in [3.05, 3.63) is 46.2 Å². The maximum atomic E-state index is 12.3. The Labute approximate surface area is 125 Å². The number of benzene rings is 1. The number of thioether (sulfide) groups is 1. The summed E-state index contributed by atoms with van der Waals surface area (Å²) in [6, 6.07) is 7.51. The van der Waals surface area contributed by atoms with E-state index in [1.54, 1.807) is 11.5 Å². The highest BCUT2D eigenvalue weighted by atomic mass is 32.2. The first-order valence-corrected chi connectivity index (χ1v) is 7.59. The van der Waals surface area contributed by atoms with E-state index in [2.05, 4.69) is 15.2 Å². The summed E-state index contributed by atoms with van der Waals surface area (Å²) in [5.74, 6) is 1.28. The highest BCUT2D eigenvalue weighted by Crippen LogP contribution is 2.16. The summed E-state index contributed by atoms with van der Waals surface area (Å²) in [5.41, 5.74) is 1.85. The van der Waals surface area contributed by atoms with Crippen LogP contribution in [0.2, 0.25) is 0 Å². The SMILES string of the molecule is CCSc1nnc(Cn2c(=O)c(C)nc3ccccc32)o1. The van der Waals surface area contributed by atoms with Crippen molar-refractivity contribution in [3.63, 3.8) is 0 Å². The van der Waals surface area contributed by atoms with Crippen molar-refractivity contribution in [1.29, 1.82) is 0 Å². The van der Waals surface area contributed by atoms with Gasteiger partial charge < -0.3 is 4.42 Å². The molecule has 3 aromatic rings. The van der Waals surface area contributed by atoms with Crippen molar-refractivity contribution in [3.8, 4) is 0 Å². The second-order valence-electron chi connectivity index (χ2n) is 4.47. The average molecular weight is 302 g/mol. The van der Waals surface area contributed by atoms with Gasteiger partial charge in [-0.15, -0.1) is 10.2 Å². The maximum absolute atomic E-state index is 12.3. The first-order valence-electron chi connectivity index (χ1n) is 6.60. The van der Waals surface area contributed by atoms with Crippen LogP contribution in [0.4, 0.5) is 0 Å². The van der Waals surface area contributed by atoms with Gasteiger partial charge in [-0.1, -0.05) is 30.8 Å². The molecule has 1 aromatic carbocycles. The summed E-state index contributed by atoms with van der Waals surface area (Å²) in [4.78, 5) is 16.6. The van der Waals surface area contributed by atoms with Gasteiger partial charge >= 0.3 is 0 Å². The normalized spacial score (nSPS) is 11.1. The summed E-state index contributed by atoms with van der Waals surface area (Å²) in [6.07, 6.45) is 0. The smallest absolute Gasteiger partial charge is 0.276 e. The molecule has 0 aliphatic heterocycles. The van der Waals surface area contributed by atoms with Gasteiger partial charge in [0.1, 0.15) is 12.2 Å². The predicted molar refractivity (Wildman–Crippen MR) is 80.5 cm³/mol. The molecular formula is C14H14N4O2S. The molecule has 0 aliphatic carbocycles. The van der Waals surface area contributed by atoms with Crippen LogP contribution in [0.15, 0.2) is 38.7 Å². The molecule has 0 spiro atoms. The van der Waals surface area contributed by atoms with E-state index in [1.807, 2.05) is 31.2 Å². The monoisotopic (exact) mass is 302 g/mol. The number of hydrogen-bond donors (Lipinski definition) is 0. The summed E-state index contributed by atoms with van der Waals surface area (Å²) in [6.45, 7) is 3.97. The van der Waals surface area contributed by atoms with Crippen molar-refractivity contribution in [1.82, 2.24) is 19.7 Å². The fourth-order valence-electron chi connectivity index (χ4n) is 2.10. The van der Waals surface area contributed by atoms with Gasteiger partial charge in [-0.25, -0.2) is 4.98 Å². The standard InChI is InChI=1S/C14H14N4O2S/c1-3-21-14-17-16-12(20-14)8-18-11-7-5-4-6-10(11)15-9(2)13(18)19/h4-7H,3,8H2,1-2H3. The van der Waals surface area contributed by atoms with Gasteiger partial charge in [0.15, 0.2) is 0 Å². The molecule has 2 aromatic heterocycles. The van der Waals surface area contributed by atoms with Crippen molar-refractivity contribution in [2.45, 2.75) is 25.6 Å². The Balaban J connectivity index is 2.06. The largest absolute Gasteiger partial charge is 0.414 e. The van der Waals surface area contributed by atoms with Crippen molar-refractivity contribution >= 4 is 22.8 Å². The molecule has 21 heavy (non-hydrogen) atoms. The molecule has 0 amide bonds. The van der Waals surface area contributed by atoms with Crippen molar-refractivity contribution in [2.24, 2.45) is 0 Å². The summed E-state index contributed by atoms with van der Waals surface area (Å²) in [7, 11) is 0. The number of rotatable bonds is 4. The van der Waals surface area contributed by atoms with E-state index in [-0.39, 0.29) is 12.1 Å². The molecule has 0 fully saturated rings. The number of hydrogen-bond acceptors (Lipinski definition) is 6. The second kappa shape index (κ2) is 5.69. The van der Waals surface area contributed by atoms with E-state index in [0.717, 1.165) is 16.8 Å². The van der Waals surface area contributed by atoms with E-state index in [4.69, 9.17) is 4.42 Å². The molecule has 3 rings (SSSR count). The molecule has 0 saturated carbocycles. The third kappa shape index (κ3) is 2.69. The molecule has 0 N–H and O–H groups in total. The maximum Gasteiger partial charge on any atom is 0.276 e. The third-order valence-electron chi connectivity index (χ3n) is 3.02. The van der Waals surface area contributed by atoms with Crippen LogP contribution in [0.25, 0.3) is 11.0 Å². The first kappa shape index (κ1) is 13.8. The van der Waals surface area contributed by atoms with Crippen LogP contribution < -0.4 is 5.56 Å². The fourth-order valence-corrected chi connectivity index (χ4v) is 2.60. The molecule has 7 heteroatoms. The van der Waals surface area contributed by atoms with Crippen molar-refractivity contribution in [2.75, 3.05) is 5.75 Å². The summed E-state index contributed by atoms with van der Waals surface area (Å²) in [5, 5.41) is 8.46. The minimum absolute atomic E-state index is 0.142. The lowest BCUT2D eigenvalue weighted by Gasteiger charge is -2.08. The molecule has 0 saturated heterocycles. The lowest BCUT2D eigenvalue weighted by atomic mass is 10.3. The third-order valence-corrected chi connectivity index (χ3v) is 3.73. The van der Waals surface area contributed by atoms with Crippen LogP contribution in [0.5, 0.6) is 0 Å². The molecule has 108 valence electrons. The van der Waals surface area contributed by atoms with Crippen LogP contribution in [-0.2, 0) is 6.54 Å². The topological polar surface area (TPSA) is 73.8 Å². The minimum Gasteiger partial charge on any atom is -0.414 e. The summed E-state index contributed by atoms with van der Waals surface area (Å²) >= 11 is 1.48. The van der Waals surface area contributed by atoms with E-state index < -0.39 is 0 Å². The molecule has 0 bridgehead atoms. The van der Waals surface area contributed by atoms with Crippen LogP contribution in [0, 0.1) is 6.92 Å². The Morgan fingerprint density at radius 3 is 2.90 bits per heavy atom. The second-order valence-corrected chi connectivity index (χ2v) is 5.69. The summed E-state index contributed by atoms with van der Waals surface area (Å²) < 4.78 is 7.15. The van der Waals surface area contributed by atoms with Gasteiger partial charge in [0, 0.05) is 0 Å². The quantitative estimate of drug-likeness (QED) is 0.688. The molecule has 2 heterocycles. The van der Waals surface area contributed by atoms with Crippen LogP contribution in [0.3, 0.4) is 0 Å². The molecular weight excluding hydrogens is 288 g/mol. The predicted octanol–water partition coefficient (Wildman–Crippen LogP) is 2.25. The van der Waals surface area contributed by atoms with Gasteiger partial charge in [0.2, 0.25) is 5.89 Å². The highest BCUT2D eigenvalue weighted by Gasteiger charge is 2.12. The van der Waals surface area contributed by atoms with E-state index in [1.165, 1.54) is 11.8 Å². The molecule has 6 nitrogen and oxygen atoms in total. The highest BCUT2D eigenvalue weighted by molar-refractivity contribution is 7.99. The fraction of sp³-hybridized carbons (Fsp3) is 0.286. The minimum atomic E-state index is -0.142. The lowest BCUT2D eigenvalue weighted by molar-refractivity contribution is 0.404. The Hall–Kier alpha value is -2.15. The Bertz CT molecular complexity index is 840. The van der Waals surface area contributed by atoms with Gasteiger partial charge in [-0.2, -0.15) is 0 Å². The van der Waals surface area contributed by atoms with E-state index in [0.29, 0.717) is 16.8 Å². The molecule has 0 unspecified atom stereocenters. The zero-order valence-corrected chi connectivity index (χ0v) is 12.6. The first-order chi connectivity index (χ1) is 10.2. The molecule has 0 aliphatic rings. The lowest BCUT2D eigenvalue weighted by Crippen LogP contribution is -2.24. The molecule has 0 atom stereocenters. The van der Waals surface area contributed by atoms with Gasteiger partial charge in [-0.05, 0) is 24.8 Å². The van der Waals surface area contributed by atoms with Crippen molar-refractivity contribution < 1.29 is 4.42 Å². The number of fused-ring (bicyclic) bond motifs is 1. The van der Waals surface area contributed by atoms with Gasteiger partial charge in [0.25, 0.3) is 10.8 Å². The average Bonchev–Trinajstić information content (AvgIpc) is 2.92. The van der Waals surface area contributed by atoms with E-state index in [9.17, 15) is 4.79 Å². The Morgan fingerprint density at radius 2 is 2.10 bits per heavy atom.